The summed E-state index contributed by atoms with van der Waals surface area (Å²) >= 11 is 5.96. The van der Waals surface area contributed by atoms with Crippen molar-refractivity contribution < 1.29 is 4.39 Å². The van der Waals surface area contributed by atoms with E-state index in [0.717, 1.165) is 5.56 Å². The molecule has 3 rings (SSSR count). The summed E-state index contributed by atoms with van der Waals surface area (Å²) in [7, 11) is 0. The molecule has 3 aromatic rings. The summed E-state index contributed by atoms with van der Waals surface area (Å²) in [5, 5.41) is 0.471. The number of halogens is 2. The number of H-pyrrole nitrogens is 1. The van der Waals surface area contributed by atoms with Crippen LogP contribution in [0.4, 0.5) is 10.1 Å². The standard InChI is InChI=1S/C13H9ClFN3/c14-9-5-7(1-3-10(9)16)13-17-11-4-2-8(15)6-12(11)18-13/h1-6H,16H2,(H,17,18). The van der Waals surface area contributed by atoms with Gasteiger partial charge in [0, 0.05) is 5.56 Å². The molecule has 0 radical (unpaired) electrons. The van der Waals surface area contributed by atoms with Gasteiger partial charge in [-0.25, -0.2) is 9.37 Å². The Bertz CT molecular complexity index is 736. The van der Waals surface area contributed by atoms with Gasteiger partial charge in [-0.3, -0.25) is 0 Å². The zero-order valence-corrected chi connectivity index (χ0v) is 10.0. The highest BCUT2D eigenvalue weighted by atomic mass is 35.5. The number of hydrogen-bond donors (Lipinski definition) is 2. The summed E-state index contributed by atoms with van der Waals surface area (Å²) in [6.07, 6.45) is 0. The Hall–Kier alpha value is -2.07. The predicted octanol–water partition coefficient (Wildman–Crippen LogP) is 3.60. The van der Waals surface area contributed by atoms with Crippen LogP contribution in [-0.2, 0) is 0 Å². The van der Waals surface area contributed by atoms with E-state index in [0.29, 0.717) is 27.6 Å². The molecule has 18 heavy (non-hydrogen) atoms. The molecule has 0 aliphatic heterocycles. The van der Waals surface area contributed by atoms with E-state index in [-0.39, 0.29) is 5.82 Å². The lowest BCUT2D eigenvalue weighted by molar-refractivity contribution is 0.629. The summed E-state index contributed by atoms with van der Waals surface area (Å²) in [6.45, 7) is 0. The number of nitrogen functional groups attached to an aromatic ring is 1. The maximum Gasteiger partial charge on any atom is 0.138 e. The fourth-order valence-corrected chi connectivity index (χ4v) is 1.97. The van der Waals surface area contributed by atoms with Crippen LogP contribution >= 0.6 is 11.6 Å². The third-order valence-corrected chi connectivity index (χ3v) is 3.05. The summed E-state index contributed by atoms with van der Waals surface area (Å²) < 4.78 is 13.1. The number of imidazole rings is 1. The summed E-state index contributed by atoms with van der Waals surface area (Å²) in [4.78, 5) is 7.42. The molecule has 1 aromatic heterocycles. The van der Waals surface area contributed by atoms with Crippen molar-refractivity contribution in [3.8, 4) is 11.4 Å². The van der Waals surface area contributed by atoms with Crippen LogP contribution in [0, 0.1) is 5.82 Å². The zero-order valence-electron chi connectivity index (χ0n) is 9.24. The molecule has 0 atom stereocenters. The molecular weight excluding hydrogens is 253 g/mol. The second-order valence-corrected chi connectivity index (χ2v) is 4.39. The zero-order chi connectivity index (χ0) is 12.7. The Labute approximate surface area is 107 Å². The van der Waals surface area contributed by atoms with E-state index in [1.54, 1.807) is 18.2 Å². The van der Waals surface area contributed by atoms with Gasteiger partial charge in [0.2, 0.25) is 0 Å². The SMILES string of the molecule is Nc1ccc(-c2nc3ccc(F)cc3[nH]2)cc1Cl. The Morgan fingerprint density at radius 1 is 1.17 bits per heavy atom. The highest BCUT2D eigenvalue weighted by Gasteiger charge is 2.07. The summed E-state index contributed by atoms with van der Waals surface area (Å²) in [5.74, 6) is 0.338. The van der Waals surface area contributed by atoms with Gasteiger partial charge >= 0.3 is 0 Å². The van der Waals surface area contributed by atoms with Crippen molar-refractivity contribution in [2.75, 3.05) is 5.73 Å². The van der Waals surface area contributed by atoms with E-state index in [2.05, 4.69) is 9.97 Å². The minimum Gasteiger partial charge on any atom is -0.398 e. The lowest BCUT2D eigenvalue weighted by Crippen LogP contribution is -1.87. The van der Waals surface area contributed by atoms with Crippen molar-refractivity contribution >= 4 is 28.3 Å². The molecule has 3 nitrogen and oxygen atoms in total. The molecule has 1 heterocycles. The molecule has 0 amide bonds. The largest absolute Gasteiger partial charge is 0.398 e. The third-order valence-electron chi connectivity index (χ3n) is 2.72. The number of rotatable bonds is 1. The first-order valence-corrected chi connectivity index (χ1v) is 5.72. The van der Waals surface area contributed by atoms with Gasteiger partial charge in [-0.1, -0.05) is 11.6 Å². The second-order valence-electron chi connectivity index (χ2n) is 3.98. The van der Waals surface area contributed by atoms with Gasteiger partial charge in [0.05, 0.1) is 21.7 Å². The van der Waals surface area contributed by atoms with Gasteiger partial charge in [-0.05, 0) is 36.4 Å². The summed E-state index contributed by atoms with van der Waals surface area (Å²) in [5.41, 5.74) is 8.34. The molecule has 0 unspecified atom stereocenters. The first-order chi connectivity index (χ1) is 8.63. The monoisotopic (exact) mass is 261 g/mol. The van der Waals surface area contributed by atoms with Crippen molar-refractivity contribution in [2.45, 2.75) is 0 Å². The molecule has 0 aliphatic rings. The van der Waals surface area contributed by atoms with Crippen molar-refractivity contribution in [3.05, 3.63) is 47.2 Å². The van der Waals surface area contributed by atoms with E-state index in [4.69, 9.17) is 17.3 Å². The first kappa shape index (κ1) is 11.0. The maximum absolute atomic E-state index is 13.1. The fraction of sp³-hybridized carbons (Fsp3) is 0. The number of hydrogen-bond acceptors (Lipinski definition) is 2. The quantitative estimate of drug-likeness (QED) is 0.658. The molecule has 0 aliphatic carbocycles. The lowest BCUT2D eigenvalue weighted by Gasteiger charge is -2.00. The molecular formula is C13H9ClFN3. The first-order valence-electron chi connectivity index (χ1n) is 5.34. The van der Waals surface area contributed by atoms with Crippen molar-refractivity contribution in [2.24, 2.45) is 0 Å². The van der Waals surface area contributed by atoms with Crippen molar-refractivity contribution in [3.63, 3.8) is 0 Å². The Morgan fingerprint density at radius 3 is 2.78 bits per heavy atom. The highest BCUT2D eigenvalue weighted by Crippen LogP contribution is 2.26. The number of fused-ring (bicyclic) bond motifs is 1. The topological polar surface area (TPSA) is 54.7 Å². The van der Waals surface area contributed by atoms with Crippen LogP contribution in [0.5, 0.6) is 0 Å². The maximum atomic E-state index is 13.1. The van der Waals surface area contributed by atoms with Gasteiger partial charge < -0.3 is 10.7 Å². The van der Waals surface area contributed by atoms with E-state index >= 15 is 0 Å². The smallest absolute Gasteiger partial charge is 0.138 e. The van der Waals surface area contributed by atoms with Crippen LogP contribution in [0.3, 0.4) is 0 Å². The highest BCUT2D eigenvalue weighted by molar-refractivity contribution is 6.33. The second kappa shape index (κ2) is 3.99. The molecule has 0 bridgehead atoms. The Balaban J connectivity index is 2.16. The Morgan fingerprint density at radius 2 is 2.00 bits per heavy atom. The van der Waals surface area contributed by atoms with Crippen molar-refractivity contribution in [1.82, 2.24) is 9.97 Å². The number of benzene rings is 2. The molecule has 3 N–H and O–H groups in total. The van der Waals surface area contributed by atoms with Gasteiger partial charge in [-0.2, -0.15) is 0 Å². The van der Waals surface area contributed by atoms with E-state index in [1.807, 2.05) is 6.07 Å². The molecule has 2 aromatic carbocycles. The van der Waals surface area contributed by atoms with Gasteiger partial charge in [0.15, 0.2) is 0 Å². The van der Waals surface area contributed by atoms with Crippen LogP contribution < -0.4 is 5.73 Å². The molecule has 90 valence electrons. The average Bonchev–Trinajstić information content (AvgIpc) is 2.75. The molecule has 0 saturated heterocycles. The average molecular weight is 262 g/mol. The fourth-order valence-electron chi connectivity index (χ4n) is 1.79. The van der Waals surface area contributed by atoms with Crippen LogP contribution in [0.2, 0.25) is 5.02 Å². The molecule has 0 spiro atoms. The minimum absolute atomic E-state index is 0.298. The number of aromatic amines is 1. The molecule has 5 heteroatoms. The third kappa shape index (κ3) is 1.80. The van der Waals surface area contributed by atoms with E-state index in [1.165, 1.54) is 12.1 Å². The minimum atomic E-state index is -0.298. The van der Waals surface area contributed by atoms with Crippen LogP contribution in [0.15, 0.2) is 36.4 Å². The molecule has 0 saturated carbocycles. The predicted molar refractivity (Wildman–Crippen MR) is 70.9 cm³/mol. The van der Waals surface area contributed by atoms with E-state index < -0.39 is 0 Å². The number of nitrogens with two attached hydrogens (primary N) is 1. The number of nitrogens with one attached hydrogen (secondary N) is 1. The number of anilines is 1. The van der Waals surface area contributed by atoms with Crippen LogP contribution in [-0.4, -0.2) is 9.97 Å². The van der Waals surface area contributed by atoms with Crippen molar-refractivity contribution in [1.29, 1.82) is 0 Å². The Kier molecular flexibility index (Phi) is 2.45. The van der Waals surface area contributed by atoms with Gasteiger partial charge in [0.1, 0.15) is 11.6 Å². The van der Waals surface area contributed by atoms with Crippen LogP contribution in [0.25, 0.3) is 22.4 Å². The number of nitrogens with zero attached hydrogens (tertiary/aromatic N) is 1. The molecule has 0 fully saturated rings. The number of aromatic nitrogens is 2. The van der Waals surface area contributed by atoms with Gasteiger partial charge in [0.25, 0.3) is 0 Å². The lowest BCUT2D eigenvalue weighted by atomic mass is 10.2. The van der Waals surface area contributed by atoms with Crippen LogP contribution in [0.1, 0.15) is 0 Å². The van der Waals surface area contributed by atoms with Gasteiger partial charge in [-0.15, -0.1) is 0 Å². The normalized spacial score (nSPS) is 11.0. The summed E-state index contributed by atoms with van der Waals surface area (Å²) in [6, 6.07) is 9.67. The van der Waals surface area contributed by atoms with E-state index in [9.17, 15) is 4.39 Å².